The highest BCUT2D eigenvalue weighted by Crippen LogP contribution is 2.21. The fourth-order valence-electron chi connectivity index (χ4n) is 3.33. The number of likely N-dealkylation sites (tertiary alicyclic amines) is 1. The molecule has 0 spiro atoms. The number of carbonyl (C=O) groups is 2. The second kappa shape index (κ2) is 7.39. The number of β-amino-alcohol motifs (C(OH)–C–C–N with tert-alkyl or cyclic N) is 1. The Hall–Kier alpha value is -2.51. The van der Waals surface area contributed by atoms with E-state index >= 15 is 0 Å². The van der Waals surface area contributed by atoms with E-state index in [-0.39, 0.29) is 13.1 Å². The predicted molar refractivity (Wildman–Crippen MR) is 96.1 cm³/mol. The van der Waals surface area contributed by atoms with Crippen LogP contribution in [0.5, 0.6) is 0 Å². The van der Waals surface area contributed by atoms with Gasteiger partial charge in [-0.3, -0.25) is 14.6 Å². The summed E-state index contributed by atoms with van der Waals surface area (Å²) in [5.74, 6) is -1.29. The number of carbonyl (C=O) groups excluding carboxylic acids is 2. The van der Waals surface area contributed by atoms with Gasteiger partial charge in [-0.2, -0.15) is 0 Å². The van der Waals surface area contributed by atoms with Gasteiger partial charge in [0.05, 0.1) is 18.7 Å². The number of hydrogen-bond acceptors (Lipinski definition) is 5. The molecule has 2 amide bonds. The van der Waals surface area contributed by atoms with Crippen LogP contribution in [0, 0.1) is 0 Å². The van der Waals surface area contributed by atoms with E-state index in [0.717, 1.165) is 16.5 Å². The molecule has 1 aliphatic rings. The first kappa shape index (κ1) is 18.3. The minimum absolute atomic E-state index is 0.0277. The molecule has 1 unspecified atom stereocenters. The molecule has 1 aromatic carbocycles. The van der Waals surface area contributed by atoms with Crippen LogP contribution >= 0.6 is 0 Å². The lowest BCUT2D eigenvalue weighted by molar-refractivity contribution is -0.156. The van der Waals surface area contributed by atoms with Crippen molar-refractivity contribution in [1.82, 2.24) is 14.8 Å². The average molecular weight is 357 g/mol. The van der Waals surface area contributed by atoms with Crippen LogP contribution in [0.4, 0.5) is 0 Å². The SMILES string of the molecule is CN(Cc1ccnc2ccccc12)C(=O)C(=O)N1CCCC(O)(CO)C1. The molecule has 0 saturated carbocycles. The van der Waals surface area contributed by atoms with E-state index < -0.39 is 24.0 Å². The number of aliphatic hydroxyl groups is 2. The van der Waals surface area contributed by atoms with Gasteiger partial charge in [0, 0.05) is 31.7 Å². The Balaban J connectivity index is 1.72. The molecule has 1 fully saturated rings. The Morgan fingerprint density at radius 3 is 2.85 bits per heavy atom. The van der Waals surface area contributed by atoms with Gasteiger partial charge in [0.2, 0.25) is 0 Å². The Labute approximate surface area is 151 Å². The number of aliphatic hydroxyl groups excluding tert-OH is 1. The maximum Gasteiger partial charge on any atom is 0.312 e. The van der Waals surface area contributed by atoms with Crippen LogP contribution in [0.15, 0.2) is 36.5 Å². The molecule has 1 aliphatic heterocycles. The number of benzene rings is 1. The highest BCUT2D eigenvalue weighted by atomic mass is 16.3. The number of fused-ring (bicyclic) bond motifs is 1. The molecule has 1 atom stereocenters. The van der Waals surface area contributed by atoms with Gasteiger partial charge in [0.15, 0.2) is 0 Å². The van der Waals surface area contributed by atoms with Gasteiger partial charge < -0.3 is 20.0 Å². The molecule has 7 heteroatoms. The van der Waals surface area contributed by atoms with Gasteiger partial charge in [-0.05, 0) is 30.5 Å². The van der Waals surface area contributed by atoms with Crippen molar-refractivity contribution in [2.24, 2.45) is 0 Å². The predicted octanol–water partition coefficient (Wildman–Crippen LogP) is 0.539. The maximum absolute atomic E-state index is 12.6. The monoisotopic (exact) mass is 357 g/mol. The molecular formula is C19H23N3O4. The number of amides is 2. The van der Waals surface area contributed by atoms with E-state index in [1.807, 2.05) is 30.3 Å². The van der Waals surface area contributed by atoms with E-state index in [0.29, 0.717) is 19.4 Å². The van der Waals surface area contributed by atoms with Crippen LogP contribution in [-0.4, -0.2) is 69.2 Å². The van der Waals surface area contributed by atoms with Crippen LogP contribution in [0.3, 0.4) is 0 Å². The summed E-state index contributed by atoms with van der Waals surface area (Å²) in [5.41, 5.74) is 0.416. The normalized spacial score (nSPS) is 20.2. The largest absolute Gasteiger partial charge is 0.393 e. The molecule has 138 valence electrons. The summed E-state index contributed by atoms with van der Waals surface area (Å²) < 4.78 is 0. The summed E-state index contributed by atoms with van der Waals surface area (Å²) in [5, 5.41) is 20.4. The maximum atomic E-state index is 12.6. The van der Waals surface area contributed by atoms with Crippen LogP contribution in [0.25, 0.3) is 10.9 Å². The highest BCUT2D eigenvalue weighted by molar-refractivity contribution is 6.34. The van der Waals surface area contributed by atoms with Crippen molar-refractivity contribution < 1.29 is 19.8 Å². The third-order valence-electron chi connectivity index (χ3n) is 4.81. The van der Waals surface area contributed by atoms with Crippen molar-refractivity contribution in [3.05, 3.63) is 42.1 Å². The minimum atomic E-state index is -1.33. The van der Waals surface area contributed by atoms with E-state index in [9.17, 15) is 19.8 Å². The third-order valence-corrected chi connectivity index (χ3v) is 4.81. The molecule has 0 bridgehead atoms. The highest BCUT2D eigenvalue weighted by Gasteiger charge is 2.37. The van der Waals surface area contributed by atoms with Gasteiger partial charge in [-0.25, -0.2) is 0 Å². The van der Waals surface area contributed by atoms with Crippen LogP contribution in [0.1, 0.15) is 18.4 Å². The summed E-state index contributed by atoms with van der Waals surface area (Å²) in [6.45, 7) is 0.231. The summed E-state index contributed by atoms with van der Waals surface area (Å²) in [6.07, 6.45) is 2.65. The number of para-hydroxylation sites is 1. The molecule has 2 aromatic rings. The van der Waals surface area contributed by atoms with Crippen molar-refractivity contribution in [2.75, 3.05) is 26.7 Å². The smallest absolute Gasteiger partial charge is 0.312 e. The van der Waals surface area contributed by atoms with E-state index in [1.54, 1.807) is 13.2 Å². The molecule has 0 radical (unpaired) electrons. The minimum Gasteiger partial charge on any atom is -0.393 e. The molecule has 1 aromatic heterocycles. The first-order valence-corrected chi connectivity index (χ1v) is 8.64. The number of piperidine rings is 1. The fourth-order valence-corrected chi connectivity index (χ4v) is 3.33. The zero-order valence-electron chi connectivity index (χ0n) is 14.8. The van der Waals surface area contributed by atoms with Gasteiger partial charge in [0.1, 0.15) is 5.60 Å². The zero-order chi connectivity index (χ0) is 18.7. The molecule has 1 saturated heterocycles. The number of nitrogens with zero attached hydrogens (tertiary/aromatic N) is 3. The van der Waals surface area contributed by atoms with E-state index in [1.165, 1.54) is 9.80 Å². The van der Waals surface area contributed by atoms with Crippen molar-refractivity contribution in [3.8, 4) is 0 Å². The number of pyridine rings is 1. The van der Waals surface area contributed by atoms with Gasteiger partial charge in [-0.15, -0.1) is 0 Å². The standard InChI is InChI=1S/C19H23N3O4/c1-21(11-14-7-9-20-16-6-3-2-5-15(14)16)17(24)18(25)22-10-4-8-19(26,12-22)13-23/h2-3,5-7,9,23,26H,4,8,10-13H2,1H3. The summed E-state index contributed by atoms with van der Waals surface area (Å²) in [6, 6.07) is 9.47. The van der Waals surface area contributed by atoms with Crippen molar-refractivity contribution in [1.29, 1.82) is 0 Å². The number of likely N-dealkylation sites (N-methyl/N-ethyl adjacent to an activating group) is 1. The summed E-state index contributed by atoms with van der Waals surface area (Å²) in [4.78, 5) is 32.1. The third kappa shape index (κ3) is 3.68. The van der Waals surface area contributed by atoms with Crippen LogP contribution in [-0.2, 0) is 16.1 Å². The van der Waals surface area contributed by atoms with Gasteiger partial charge >= 0.3 is 11.8 Å². The lowest BCUT2D eigenvalue weighted by Crippen LogP contribution is -2.55. The van der Waals surface area contributed by atoms with Gasteiger partial charge in [-0.1, -0.05) is 18.2 Å². The first-order valence-electron chi connectivity index (χ1n) is 8.64. The Kier molecular flexibility index (Phi) is 5.20. The number of hydrogen-bond donors (Lipinski definition) is 2. The van der Waals surface area contributed by atoms with Crippen molar-refractivity contribution in [2.45, 2.75) is 25.0 Å². The second-order valence-corrected chi connectivity index (χ2v) is 6.86. The van der Waals surface area contributed by atoms with E-state index in [2.05, 4.69) is 4.98 Å². The topological polar surface area (TPSA) is 94.0 Å². The molecule has 2 N–H and O–H groups in total. The first-order chi connectivity index (χ1) is 12.4. The van der Waals surface area contributed by atoms with Crippen molar-refractivity contribution in [3.63, 3.8) is 0 Å². The Morgan fingerprint density at radius 1 is 1.31 bits per heavy atom. The molecule has 0 aliphatic carbocycles. The van der Waals surface area contributed by atoms with Gasteiger partial charge in [0.25, 0.3) is 0 Å². The van der Waals surface area contributed by atoms with Crippen molar-refractivity contribution >= 4 is 22.7 Å². The van der Waals surface area contributed by atoms with Crippen LogP contribution in [0.2, 0.25) is 0 Å². The Morgan fingerprint density at radius 2 is 2.08 bits per heavy atom. The summed E-state index contributed by atoms with van der Waals surface area (Å²) in [7, 11) is 1.58. The van der Waals surface area contributed by atoms with Crippen LogP contribution < -0.4 is 0 Å². The molecule has 7 nitrogen and oxygen atoms in total. The zero-order valence-corrected chi connectivity index (χ0v) is 14.8. The molecule has 2 heterocycles. The number of rotatable bonds is 3. The average Bonchev–Trinajstić information content (AvgIpc) is 2.67. The number of aromatic nitrogens is 1. The molecule has 26 heavy (non-hydrogen) atoms. The fraction of sp³-hybridized carbons (Fsp3) is 0.421. The molecular weight excluding hydrogens is 334 g/mol. The second-order valence-electron chi connectivity index (χ2n) is 6.86. The summed E-state index contributed by atoms with van der Waals surface area (Å²) >= 11 is 0. The Bertz CT molecular complexity index is 820. The quantitative estimate of drug-likeness (QED) is 0.782. The molecule has 3 rings (SSSR count). The van der Waals surface area contributed by atoms with E-state index in [4.69, 9.17) is 0 Å². The lowest BCUT2D eigenvalue weighted by atomic mass is 9.94. The lowest BCUT2D eigenvalue weighted by Gasteiger charge is -2.38.